The lowest BCUT2D eigenvalue weighted by molar-refractivity contribution is -0.133. The van der Waals surface area contributed by atoms with E-state index in [4.69, 9.17) is 9.47 Å². The van der Waals surface area contributed by atoms with Gasteiger partial charge in [-0.25, -0.2) is 0 Å². The van der Waals surface area contributed by atoms with Crippen LogP contribution in [0, 0.1) is 0 Å². The molecule has 0 spiro atoms. The number of carbonyl (C=O) groups excluding carboxylic acids is 1. The Labute approximate surface area is 162 Å². The third kappa shape index (κ3) is 3.55. The molecule has 0 N–H and O–H groups in total. The second kappa shape index (κ2) is 7.72. The van der Waals surface area contributed by atoms with Crippen molar-refractivity contribution in [3.8, 4) is 11.5 Å². The van der Waals surface area contributed by atoms with Gasteiger partial charge in [-0.05, 0) is 31.2 Å². The zero-order chi connectivity index (χ0) is 19.5. The number of carbonyl (C=O) groups is 1. The average molecular weight is 379 g/mol. The Morgan fingerprint density at radius 3 is 2.75 bits per heavy atom. The third-order valence-electron chi connectivity index (χ3n) is 4.77. The summed E-state index contributed by atoms with van der Waals surface area (Å²) in [6.07, 6.45) is 1.01. The van der Waals surface area contributed by atoms with Gasteiger partial charge in [0, 0.05) is 11.9 Å². The van der Waals surface area contributed by atoms with Crippen molar-refractivity contribution in [2.75, 3.05) is 19.7 Å². The molecule has 0 saturated carbocycles. The van der Waals surface area contributed by atoms with Gasteiger partial charge in [0.15, 0.2) is 17.6 Å². The lowest BCUT2D eigenvalue weighted by atomic mass is 10.2. The van der Waals surface area contributed by atoms with E-state index in [0.29, 0.717) is 36.3 Å². The maximum absolute atomic E-state index is 12.9. The average Bonchev–Trinajstić information content (AvgIpc) is 2.74. The zero-order valence-electron chi connectivity index (χ0n) is 15.6. The van der Waals surface area contributed by atoms with Gasteiger partial charge in [-0.3, -0.25) is 14.3 Å². The van der Waals surface area contributed by atoms with Crippen molar-refractivity contribution in [3.63, 3.8) is 0 Å². The van der Waals surface area contributed by atoms with Gasteiger partial charge in [-0.2, -0.15) is 5.10 Å². The third-order valence-corrected chi connectivity index (χ3v) is 4.77. The Kier molecular flexibility index (Phi) is 4.97. The van der Waals surface area contributed by atoms with E-state index in [9.17, 15) is 9.59 Å². The highest BCUT2D eigenvalue weighted by Crippen LogP contribution is 2.31. The molecule has 1 aliphatic rings. The van der Waals surface area contributed by atoms with Crippen LogP contribution in [0.1, 0.15) is 6.92 Å². The summed E-state index contributed by atoms with van der Waals surface area (Å²) < 4.78 is 13.3. The van der Waals surface area contributed by atoms with Crippen LogP contribution in [0.4, 0.5) is 0 Å². The monoisotopic (exact) mass is 379 g/mol. The summed E-state index contributed by atoms with van der Waals surface area (Å²) in [4.78, 5) is 26.6. The molecule has 0 radical (unpaired) electrons. The number of para-hydroxylation sites is 3. The van der Waals surface area contributed by atoms with Gasteiger partial charge in [0.2, 0.25) is 11.3 Å². The Balaban J connectivity index is 1.48. The van der Waals surface area contributed by atoms with Crippen LogP contribution in [0.5, 0.6) is 11.5 Å². The lowest BCUT2D eigenvalue weighted by Crippen LogP contribution is -2.44. The molecule has 0 fully saturated rings. The standard InChI is InChI=1S/C21H21N3O4/c1-2-23(12-15-14-27-19-9-5-6-10-20(19)28-15)21(26)13-24-17-8-4-3-7-16(17)18(25)11-22-24/h3-11,15H,2,12-14H2,1H3. The molecule has 0 aliphatic carbocycles. The van der Waals surface area contributed by atoms with Crippen molar-refractivity contribution in [3.05, 3.63) is 65.0 Å². The summed E-state index contributed by atoms with van der Waals surface area (Å²) in [5.74, 6) is 1.32. The van der Waals surface area contributed by atoms with Gasteiger partial charge >= 0.3 is 0 Å². The second-order valence-electron chi connectivity index (χ2n) is 6.61. The van der Waals surface area contributed by atoms with E-state index < -0.39 is 0 Å². The first-order valence-corrected chi connectivity index (χ1v) is 9.27. The minimum absolute atomic E-state index is 0.0544. The molecule has 3 aromatic rings. The molecular weight excluding hydrogens is 358 g/mol. The van der Waals surface area contributed by atoms with Gasteiger partial charge in [0.05, 0.1) is 18.3 Å². The van der Waals surface area contributed by atoms with Crippen LogP contribution >= 0.6 is 0 Å². The van der Waals surface area contributed by atoms with Crippen LogP contribution in [-0.2, 0) is 11.3 Å². The molecule has 2 aromatic carbocycles. The molecule has 4 rings (SSSR count). The van der Waals surface area contributed by atoms with Gasteiger partial charge in [0.25, 0.3) is 0 Å². The summed E-state index contributed by atoms with van der Waals surface area (Å²) in [6.45, 7) is 3.32. The number of amides is 1. The molecule has 2 heterocycles. The largest absolute Gasteiger partial charge is 0.486 e. The number of ether oxygens (including phenoxy) is 2. The van der Waals surface area contributed by atoms with E-state index in [1.165, 1.54) is 6.20 Å². The van der Waals surface area contributed by atoms with Crippen molar-refractivity contribution >= 4 is 16.8 Å². The van der Waals surface area contributed by atoms with Crippen LogP contribution in [-0.4, -0.2) is 46.4 Å². The van der Waals surface area contributed by atoms with Crippen molar-refractivity contribution in [1.29, 1.82) is 0 Å². The predicted molar refractivity (Wildman–Crippen MR) is 105 cm³/mol. The molecule has 1 atom stereocenters. The molecule has 0 bridgehead atoms. The van der Waals surface area contributed by atoms with Crippen molar-refractivity contribution < 1.29 is 14.3 Å². The van der Waals surface area contributed by atoms with E-state index in [2.05, 4.69) is 5.10 Å². The summed E-state index contributed by atoms with van der Waals surface area (Å²) in [6, 6.07) is 14.7. The van der Waals surface area contributed by atoms with Crippen molar-refractivity contribution in [2.24, 2.45) is 0 Å². The van der Waals surface area contributed by atoms with Gasteiger partial charge < -0.3 is 14.4 Å². The predicted octanol–water partition coefficient (Wildman–Crippen LogP) is 2.08. The highest BCUT2D eigenvalue weighted by Gasteiger charge is 2.25. The second-order valence-corrected chi connectivity index (χ2v) is 6.61. The topological polar surface area (TPSA) is 73.7 Å². The summed E-state index contributed by atoms with van der Waals surface area (Å²) in [7, 11) is 0. The van der Waals surface area contributed by atoms with Crippen LogP contribution in [0.2, 0.25) is 0 Å². The van der Waals surface area contributed by atoms with Gasteiger partial charge in [-0.1, -0.05) is 24.3 Å². The van der Waals surface area contributed by atoms with Gasteiger partial charge in [-0.15, -0.1) is 0 Å². The smallest absolute Gasteiger partial charge is 0.244 e. The molecule has 7 heteroatoms. The molecule has 0 saturated heterocycles. The van der Waals surface area contributed by atoms with Crippen molar-refractivity contribution in [2.45, 2.75) is 19.6 Å². The fourth-order valence-corrected chi connectivity index (χ4v) is 3.32. The zero-order valence-corrected chi connectivity index (χ0v) is 15.6. The number of benzene rings is 2. The van der Waals surface area contributed by atoms with E-state index in [1.54, 1.807) is 27.8 Å². The Bertz CT molecular complexity index is 1060. The fourth-order valence-electron chi connectivity index (χ4n) is 3.32. The van der Waals surface area contributed by atoms with Crippen LogP contribution < -0.4 is 14.9 Å². The van der Waals surface area contributed by atoms with E-state index in [-0.39, 0.29) is 24.0 Å². The first-order valence-electron chi connectivity index (χ1n) is 9.27. The Morgan fingerprint density at radius 2 is 1.93 bits per heavy atom. The fraction of sp³-hybridized carbons (Fsp3) is 0.286. The summed E-state index contributed by atoms with van der Waals surface area (Å²) >= 11 is 0. The SMILES string of the molecule is CCN(CC1COc2ccccc2O1)C(=O)Cn1ncc(=O)c2ccccc21. The normalized spacial score (nSPS) is 15.4. The Hall–Kier alpha value is -3.35. The van der Waals surface area contributed by atoms with E-state index in [0.717, 1.165) is 5.75 Å². The van der Waals surface area contributed by atoms with Crippen molar-refractivity contribution in [1.82, 2.24) is 14.7 Å². The number of hydrogen-bond donors (Lipinski definition) is 0. The molecule has 1 aliphatic heterocycles. The quantitative estimate of drug-likeness (QED) is 0.679. The van der Waals surface area contributed by atoms with Crippen LogP contribution in [0.15, 0.2) is 59.5 Å². The van der Waals surface area contributed by atoms with Crippen LogP contribution in [0.25, 0.3) is 10.9 Å². The molecule has 7 nitrogen and oxygen atoms in total. The maximum Gasteiger partial charge on any atom is 0.244 e. The number of aromatic nitrogens is 2. The minimum atomic E-state index is -0.238. The summed E-state index contributed by atoms with van der Waals surface area (Å²) in [5.41, 5.74) is 0.489. The first-order chi connectivity index (χ1) is 13.7. The first kappa shape index (κ1) is 18.0. The highest BCUT2D eigenvalue weighted by molar-refractivity contribution is 5.81. The van der Waals surface area contributed by atoms with E-state index in [1.807, 2.05) is 37.3 Å². The summed E-state index contributed by atoms with van der Waals surface area (Å²) in [5, 5.41) is 4.69. The maximum atomic E-state index is 12.9. The lowest BCUT2D eigenvalue weighted by Gasteiger charge is -2.31. The number of rotatable bonds is 5. The minimum Gasteiger partial charge on any atom is -0.486 e. The molecule has 144 valence electrons. The number of hydrogen-bond acceptors (Lipinski definition) is 5. The number of fused-ring (bicyclic) bond motifs is 2. The number of nitrogens with zero attached hydrogens (tertiary/aromatic N) is 3. The highest BCUT2D eigenvalue weighted by atomic mass is 16.6. The molecule has 1 aromatic heterocycles. The van der Waals surface area contributed by atoms with Gasteiger partial charge in [0.1, 0.15) is 13.2 Å². The molecule has 1 unspecified atom stereocenters. The molecule has 28 heavy (non-hydrogen) atoms. The Morgan fingerprint density at radius 1 is 1.18 bits per heavy atom. The molecule has 1 amide bonds. The van der Waals surface area contributed by atoms with E-state index >= 15 is 0 Å². The molecular formula is C21H21N3O4. The van der Waals surface area contributed by atoms with Crippen LogP contribution in [0.3, 0.4) is 0 Å². The number of likely N-dealkylation sites (N-methyl/N-ethyl adjacent to an activating group) is 1.